The molecule has 2 nitrogen and oxygen atoms in total. The first-order valence-electron chi connectivity index (χ1n) is 17.1. The lowest BCUT2D eigenvalue weighted by Gasteiger charge is -2.27. The molecular weight excluding hydrogens is 581 g/mol. The second-order valence-corrected chi connectivity index (χ2v) is 13.3. The zero-order valence-corrected chi connectivity index (χ0v) is 28.4. The maximum atomic E-state index is 4.76. The Morgan fingerprint density at radius 1 is 0.625 bits per heavy atom. The molecule has 3 aromatic carbocycles. The minimum absolute atomic E-state index is 0.429. The molecule has 2 aliphatic carbocycles. The predicted molar refractivity (Wildman–Crippen MR) is 206 cm³/mol. The summed E-state index contributed by atoms with van der Waals surface area (Å²) >= 11 is 0. The van der Waals surface area contributed by atoms with Crippen LogP contribution in [0.1, 0.15) is 47.6 Å². The molecule has 2 heterocycles. The number of nitrogens with zero attached hydrogens (tertiary/aromatic N) is 2. The number of allylic oxidation sites excluding steroid dienone is 15. The molecule has 0 radical (unpaired) electrons. The van der Waals surface area contributed by atoms with Gasteiger partial charge in [-0.2, -0.15) is 0 Å². The Balaban J connectivity index is 1.31. The highest BCUT2D eigenvalue weighted by molar-refractivity contribution is 5.98. The number of hydrogen-bond acceptors (Lipinski definition) is 2. The van der Waals surface area contributed by atoms with Crippen molar-refractivity contribution in [2.45, 2.75) is 19.8 Å². The van der Waals surface area contributed by atoms with Gasteiger partial charge < -0.3 is 9.80 Å². The Labute approximate surface area is 286 Å². The van der Waals surface area contributed by atoms with Gasteiger partial charge in [-0.05, 0) is 128 Å². The molecule has 0 saturated carbocycles. The standard InChI is InChI=1S/C46H44N2/c1-33-16-21-44(34(2)40-12-8-13-41(31-40)37-22-26-47(3)27-23-37)45(30-33)46(39-19-17-36(18-20-39)35-10-6-5-7-11-35)43-15-9-14-42(32-43)38-24-28-48(4)29-25-38/h5-15,17-19,21-26,28,30-33H,2,16,20,27,29H2,1,3-4H3/b46-39-. The van der Waals surface area contributed by atoms with E-state index in [0.29, 0.717) is 5.92 Å². The fourth-order valence-corrected chi connectivity index (χ4v) is 6.93. The van der Waals surface area contributed by atoms with E-state index >= 15 is 0 Å². The third-order valence-corrected chi connectivity index (χ3v) is 9.71. The van der Waals surface area contributed by atoms with Crippen molar-refractivity contribution in [1.82, 2.24) is 9.80 Å². The van der Waals surface area contributed by atoms with Crippen molar-refractivity contribution in [3.63, 3.8) is 0 Å². The van der Waals surface area contributed by atoms with Crippen molar-refractivity contribution in [2.75, 3.05) is 27.2 Å². The Morgan fingerprint density at radius 2 is 1.23 bits per heavy atom. The van der Waals surface area contributed by atoms with Crippen LogP contribution in [0.4, 0.5) is 0 Å². The summed E-state index contributed by atoms with van der Waals surface area (Å²) in [5, 5.41) is 0. The van der Waals surface area contributed by atoms with Crippen LogP contribution < -0.4 is 0 Å². The van der Waals surface area contributed by atoms with Crippen LogP contribution in [0.2, 0.25) is 0 Å². The summed E-state index contributed by atoms with van der Waals surface area (Å²) in [4.78, 5) is 4.40. The van der Waals surface area contributed by atoms with E-state index in [0.717, 1.165) is 37.1 Å². The lowest BCUT2D eigenvalue weighted by molar-refractivity contribution is 0.506. The van der Waals surface area contributed by atoms with Crippen LogP contribution >= 0.6 is 0 Å². The number of rotatable bonds is 7. The normalized spacial score (nSPS) is 20.1. The highest BCUT2D eigenvalue weighted by Gasteiger charge is 2.24. The summed E-state index contributed by atoms with van der Waals surface area (Å²) in [6.45, 7) is 8.92. The van der Waals surface area contributed by atoms with Crippen LogP contribution in [0.15, 0.2) is 169 Å². The average molecular weight is 625 g/mol. The van der Waals surface area contributed by atoms with E-state index in [1.54, 1.807) is 0 Å². The molecule has 48 heavy (non-hydrogen) atoms. The van der Waals surface area contributed by atoms with E-state index < -0.39 is 0 Å². The second kappa shape index (κ2) is 13.8. The molecule has 0 amide bonds. The quantitative estimate of drug-likeness (QED) is 0.258. The Kier molecular flexibility index (Phi) is 8.99. The third kappa shape index (κ3) is 6.71. The van der Waals surface area contributed by atoms with Crippen molar-refractivity contribution < 1.29 is 0 Å². The van der Waals surface area contributed by atoms with Gasteiger partial charge in [-0.25, -0.2) is 0 Å². The fourth-order valence-electron chi connectivity index (χ4n) is 6.93. The van der Waals surface area contributed by atoms with Gasteiger partial charge >= 0.3 is 0 Å². The summed E-state index contributed by atoms with van der Waals surface area (Å²) in [6, 6.07) is 28.7. The van der Waals surface area contributed by atoms with Crippen molar-refractivity contribution >= 4 is 27.9 Å². The maximum Gasteiger partial charge on any atom is 0.0359 e. The fraction of sp³-hybridized carbons (Fsp3) is 0.174. The van der Waals surface area contributed by atoms with E-state index in [1.165, 1.54) is 61.3 Å². The minimum Gasteiger partial charge on any atom is -0.377 e. The summed E-state index contributed by atoms with van der Waals surface area (Å²) in [5.74, 6) is 0.429. The topological polar surface area (TPSA) is 6.48 Å². The highest BCUT2D eigenvalue weighted by atomic mass is 15.1. The SMILES string of the molecule is C=C(C1=CCC(C)C=C1/C(=C1/C=CC(c2ccccc2)=CC1)c1cccc(C2=CCN(C)C=C2)c1)c1cccc(C2=CCN(C)C=C2)c1. The molecule has 238 valence electrons. The molecule has 3 aromatic rings. The van der Waals surface area contributed by atoms with Gasteiger partial charge in [-0.15, -0.1) is 0 Å². The van der Waals surface area contributed by atoms with Crippen molar-refractivity contribution in [1.29, 1.82) is 0 Å². The first kappa shape index (κ1) is 31.3. The smallest absolute Gasteiger partial charge is 0.0359 e. The molecule has 0 saturated heterocycles. The Bertz CT molecular complexity index is 2020. The first-order chi connectivity index (χ1) is 23.4. The van der Waals surface area contributed by atoms with Gasteiger partial charge in [0.05, 0.1) is 0 Å². The minimum atomic E-state index is 0.429. The number of hydrogen-bond donors (Lipinski definition) is 0. The van der Waals surface area contributed by atoms with Gasteiger partial charge in [-0.3, -0.25) is 0 Å². The summed E-state index contributed by atoms with van der Waals surface area (Å²) in [5.41, 5.74) is 16.1. The summed E-state index contributed by atoms with van der Waals surface area (Å²) in [7, 11) is 4.22. The Morgan fingerprint density at radius 3 is 1.83 bits per heavy atom. The molecule has 4 aliphatic rings. The zero-order chi connectivity index (χ0) is 33.0. The van der Waals surface area contributed by atoms with Crippen LogP contribution in [0, 0.1) is 5.92 Å². The lowest BCUT2D eigenvalue weighted by Crippen LogP contribution is -2.13. The van der Waals surface area contributed by atoms with Crippen molar-refractivity contribution in [3.05, 3.63) is 197 Å². The molecule has 0 spiro atoms. The van der Waals surface area contributed by atoms with E-state index in [2.05, 4.69) is 177 Å². The van der Waals surface area contributed by atoms with E-state index in [-0.39, 0.29) is 0 Å². The van der Waals surface area contributed by atoms with Gasteiger partial charge in [-0.1, -0.05) is 123 Å². The van der Waals surface area contributed by atoms with Crippen molar-refractivity contribution in [3.8, 4) is 0 Å². The molecule has 0 fully saturated rings. The van der Waals surface area contributed by atoms with E-state index in [4.69, 9.17) is 6.58 Å². The average Bonchev–Trinajstić information content (AvgIpc) is 3.13. The van der Waals surface area contributed by atoms with Gasteiger partial charge in [0, 0.05) is 27.2 Å². The molecule has 0 N–H and O–H groups in total. The molecule has 2 heteroatoms. The summed E-state index contributed by atoms with van der Waals surface area (Å²) in [6.07, 6.45) is 27.2. The monoisotopic (exact) mass is 624 g/mol. The number of benzene rings is 3. The van der Waals surface area contributed by atoms with Gasteiger partial charge in [0.1, 0.15) is 0 Å². The van der Waals surface area contributed by atoms with Gasteiger partial charge in [0.15, 0.2) is 0 Å². The van der Waals surface area contributed by atoms with Crippen LogP contribution in [0.5, 0.6) is 0 Å². The van der Waals surface area contributed by atoms with Crippen LogP contribution in [0.3, 0.4) is 0 Å². The van der Waals surface area contributed by atoms with Gasteiger partial charge in [0.2, 0.25) is 0 Å². The maximum absolute atomic E-state index is 4.76. The van der Waals surface area contributed by atoms with Crippen LogP contribution in [-0.4, -0.2) is 37.0 Å². The van der Waals surface area contributed by atoms with E-state index in [1.807, 2.05) is 0 Å². The van der Waals surface area contributed by atoms with Crippen molar-refractivity contribution in [2.24, 2.45) is 5.92 Å². The van der Waals surface area contributed by atoms with E-state index in [9.17, 15) is 0 Å². The molecule has 1 atom stereocenters. The molecular formula is C46H44N2. The van der Waals surface area contributed by atoms with Crippen LogP contribution in [-0.2, 0) is 0 Å². The molecule has 7 rings (SSSR count). The number of likely N-dealkylation sites (N-methyl/N-ethyl adjacent to an activating group) is 2. The molecule has 0 aromatic heterocycles. The Hall–Kier alpha value is -5.34. The predicted octanol–water partition coefficient (Wildman–Crippen LogP) is 10.8. The largest absolute Gasteiger partial charge is 0.377 e. The zero-order valence-electron chi connectivity index (χ0n) is 28.4. The highest BCUT2D eigenvalue weighted by Crippen LogP contribution is 2.44. The van der Waals surface area contributed by atoms with Crippen LogP contribution in [0.25, 0.3) is 27.9 Å². The molecule has 2 aliphatic heterocycles. The third-order valence-electron chi connectivity index (χ3n) is 9.71. The first-order valence-corrected chi connectivity index (χ1v) is 17.1. The molecule has 1 unspecified atom stereocenters. The lowest BCUT2D eigenvalue weighted by atomic mass is 9.77. The summed E-state index contributed by atoms with van der Waals surface area (Å²) < 4.78 is 0. The molecule has 0 bridgehead atoms. The van der Waals surface area contributed by atoms with Gasteiger partial charge in [0.25, 0.3) is 0 Å². The second-order valence-electron chi connectivity index (χ2n) is 13.3.